The van der Waals surface area contributed by atoms with Crippen LogP contribution in [0.4, 0.5) is 11.4 Å². The number of benzene rings is 3. The van der Waals surface area contributed by atoms with E-state index in [0.29, 0.717) is 27.9 Å². The molecule has 1 N–H and O–H groups in total. The predicted molar refractivity (Wildman–Crippen MR) is 137 cm³/mol. The molecule has 0 aromatic heterocycles. The summed E-state index contributed by atoms with van der Waals surface area (Å²) in [5.74, 6) is 0.482. The lowest BCUT2D eigenvalue weighted by molar-refractivity contribution is -0.121. The Morgan fingerprint density at radius 1 is 1.08 bits per heavy atom. The van der Waals surface area contributed by atoms with Crippen LogP contribution in [0, 0.1) is 0 Å². The Morgan fingerprint density at radius 3 is 2.44 bits per heavy atom. The van der Waals surface area contributed by atoms with Gasteiger partial charge >= 0.3 is 0 Å². The van der Waals surface area contributed by atoms with Gasteiger partial charge in [-0.3, -0.25) is 9.59 Å². The molecule has 36 heavy (non-hydrogen) atoms. The van der Waals surface area contributed by atoms with E-state index in [4.69, 9.17) is 21.1 Å². The second-order valence-corrected chi connectivity index (χ2v) is 10.7. The minimum atomic E-state index is -3.59. The first kappa shape index (κ1) is 25.5. The number of amides is 2. The number of hydrogen-bond donors (Lipinski definition) is 1. The van der Waals surface area contributed by atoms with E-state index in [2.05, 4.69) is 5.32 Å². The molecule has 0 saturated carbocycles. The minimum Gasteiger partial charge on any atom is -0.492 e. The number of halogens is 1. The molecular formula is C25H24ClN3O6S. The van der Waals surface area contributed by atoms with E-state index < -0.39 is 15.9 Å². The van der Waals surface area contributed by atoms with Crippen molar-refractivity contribution >= 4 is 44.8 Å². The molecule has 0 fully saturated rings. The number of carbonyl (C=O) groups is 2. The zero-order valence-electron chi connectivity index (χ0n) is 19.6. The largest absolute Gasteiger partial charge is 0.492 e. The molecular weight excluding hydrogens is 506 g/mol. The molecule has 3 aromatic carbocycles. The highest BCUT2D eigenvalue weighted by atomic mass is 35.5. The average Bonchev–Trinajstić information content (AvgIpc) is 2.86. The van der Waals surface area contributed by atoms with Gasteiger partial charge in [0.1, 0.15) is 18.1 Å². The van der Waals surface area contributed by atoms with Crippen LogP contribution in [-0.2, 0) is 14.8 Å². The van der Waals surface area contributed by atoms with E-state index in [9.17, 15) is 18.0 Å². The molecule has 0 atom stereocenters. The maximum Gasteiger partial charge on any atom is 0.265 e. The lowest BCUT2D eigenvalue weighted by atomic mass is 10.1. The topological polar surface area (TPSA) is 105 Å². The van der Waals surface area contributed by atoms with E-state index in [1.807, 2.05) is 0 Å². The van der Waals surface area contributed by atoms with Crippen molar-refractivity contribution in [3.05, 3.63) is 77.3 Å². The second kappa shape index (κ2) is 10.6. The summed E-state index contributed by atoms with van der Waals surface area (Å²) in [6.07, 6.45) is 0. The minimum absolute atomic E-state index is 0.0879. The molecule has 0 saturated heterocycles. The van der Waals surface area contributed by atoms with Crippen LogP contribution in [0.5, 0.6) is 11.5 Å². The summed E-state index contributed by atoms with van der Waals surface area (Å²) in [7, 11) is -0.717. The second-order valence-electron chi connectivity index (χ2n) is 8.08. The zero-order valence-corrected chi connectivity index (χ0v) is 21.2. The lowest BCUT2D eigenvalue weighted by Crippen LogP contribution is -2.41. The van der Waals surface area contributed by atoms with Gasteiger partial charge < -0.3 is 19.7 Å². The Kier molecular flexibility index (Phi) is 7.48. The fourth-order valence-electron chi connectivity index (χ4n) is 3.50. The Labute approximate surface area is 214 Å². The molecule has 0 radical (unpaired) electrons. The molecule has 3 aromatic rings. The molecule has 2 amide bonds. The van der Waals surface area contributed by atoms with Gasteiger partial charge in [0.15, 0.2) is 6.61 Å². The summed E-state index contributed by atoms with van der Waals surface area (Å²) in [6, 6.07) is 17.6. The standard InChI is InChI=1S/C25H24ClN3O6S/c1-28(2)36(32,33)21-10-3-17(4-11-21)25(31)27-19-7-12-23-22(15-19)29(24(30)16-35-23)13-14-34-20-8-5-18(26)6-9-20/h3-12,15H,13-14,16H2,1-2H3,(H,27,31). The zero-order chi connectivity index (χ0) is 25.9. The van der Waals surface area contributed by atoms with E-state index in [0.717, 1.165) is 4.31 Å². The molecule has 0 unspecified atom stereocenters. The first-order chi connectivity index (χ1) is 17.1. The third-order valence-corrected chi connectivity index (χ3v) is 7.53. The van der Waals surface area contributed by atoms with Gasteiger partial charge in [0, 0.05) is 30.4 Å². The van der Waals surface area contributed by atoms with Crippen LogP contribution in [0.1, 0.15) is 10.4 Å². The van der Waals surface area contributed by atoms with E-state index in [-0.39, 0.29) is 36.1 Å². The van der Waals surface area contributed by atoms with Crippen LogP contribution in [0.3, 0.4) is 0 Å². The predicted octanol–water partition coefficient (Wildman–Crippen LogP) is 3.65. The highest BCUT2D eigenvalue weighted by Crippen LogP contribution is 2.34. The first-order valence-electron chi connectivity index (χ1n) is 10.9. The highest BCUT2D eigenvalue weighted by Gasteiger charge is 2.26. The number of anilines is 2. The van der Waals surface area contributed by atoms with Gasteiger partial charge in [-0.1, -0.05) is 11.6 Å². The van der Waals surface area contributed by atoms with E-state index >= 15 is 0 Å². The number of sulfonamides is 1. The summed E-state index contributed by atoms with van der Waals surface area (Å²) < 4.78 is 36.8. The molecule has 11 heteroatoms. The number of ether oxygens (including phenoxy) is 2. The van der Waals surface area contributed by atoms with Gasteiger partial charge in [0.25, 0.3) is 11.8 Å². The molecule has 1 heterocycles. The molecule has 0 spiro atoms. The van der Waals surface area contributed by atoms with Crippen LogP contribution >= 0.6 is 11.6 Å². The summed E-state index contributed by atoms with van der Waals surface area (Å²) in [6.45, 7) is 0.421. The van der Waals surface area contributed by atoms with Crippen LogP contribution in [-0.4, -0.2) is 58.4 Å². The SMILES string of the molecule is CN(C)S(=O)(=O)c1ccc(C(=O)Nc2ccc3c(c2)N(CCOc2ccc(Cl)cc2)C(=O)CO3)cc1. The van der Waals surface area contributed by atoms with Crippen molar-refractivity contribution in [1.82, 2.24) is 4.31 Å². The van der Waals surface area contributed by atoms with Gasteiger partial charge in [-0.2, -0.15) is 0 Å². The van der Waals surface area contributed by atoms with Gasteiger partial charge in [-0.05, 0) is 66.7 Å². The fraction of sp³-hybridized carbons (Fsp3) is 0.200. The van der Waals surface area contributed by atoms with Crippen molar-refractivity contribution < 1.29 is 27.5 Å². The Morgan fingerprint density at radius 2 is 1.78 bits per heavy atom. The molecule has 1 aliphatic rings. The van der Waals surface area contributed by atoms with Gasteiger partial charge in [0.05, 0.1) is 17.1 Å². The molecule has 0 aliphatic carbocycles. The van der Waals surface area contributed by atoms with Crippen molar-refractivity contribution in [2.75, 3.05) is 44.1 Å². The quantitative estimate of drug-likeness (QED) is 0.477. The smallest absolute Gasteiger partial charge is 0.265 e. The average molecular weight is 530 g/mol. The summed E-state index contributed by atoms with van der Waals surface area (Å²) in [4.78, 5) is 26.9. The molecule has 1 aliphatic heterocycles. The van der Waals surface area contributed by atoms with Crippen molar-refractivity contribution in [2.24, 2.45) is 0 Å². The Hall–Kier alpha value is -3.60. The van der Waals surface area contributed by atoms with Crippen molar-refractivity contribution in [3.63, 3.8) is 0 Å². The number of rotatable bonds is 8. The van der Waals surface area contributed by atoms with E-state index in [1.54, 1.807) is 47.4 Å². The number of nitrogens with zero attached hydrogens (tertiary/aromatic N) is 2. The monoisotopic (exact) mass is 529 g/mol. The van der Waals surface area contributed by atoms with Crippen LogP contribution < -0.4 is 19.7 Å². The number of hydrogen-bond acceptors (Lipinski definition) is 6. The van der Waals surface area contributed by atoms with Crippen LogP contribution in [0.2, 0.25) is 5.02 Å². The highest BCUT2D eigenvalue weighted by molar-refractivity contribution is 7.89. The van der Waals surface area contributed by atoms with Gasteiger partial charge in [0.2, 0.25) is 10.0 Å². The molecule has 0 bridgehead atoms. The summed E-state index contributed by atoms with van der Waals surface area (Å²) in [5, 5.41) is 3.38. The Balaban J connectivity index is 1.46. The third-order valence-electron chi connectivity index (χ3n) is 5.45. The first-order valence-corrected chi connectivity index (χ1v) is 12.8. The maximum absolute atomic E-state index is 12.8. The Bertz CT molecular complexity index is 1380. The van der Waals surface area contributed by atoms with Gasteiger partial charge in [-0.25, -0.2) is 12.7 Å². The summed E-state index contributed by atoms with van der Waals surface area (Å²) in [5.41, 5.74) is 1.24. The number of fused-ring (bicyclic) bond motifs is 1. The lowest BCUT2D eigenvalue weighted by Gasteiger charge is -2.29. The molecule has 9 nitrogen and oxygen atoms in total. The number of nitrogens with one attached hydrogen (secondary N) is 1. The van der Waals surface area contributed by atoms with Crippen LogP contribution in [0.25, 0.3) is 0 Å². The van der Waals surface area contributed by atoms with E-state index in [1.165, 1.54) is 38.4 Å². The van der Waals surface area contributed by atoms with Gasteiger partial charge in [-0.15, -0.1) is 0 Å². The van der Waals surface area contributed by atoms with Crippen LogP contribution in [0.15, 0.2) is 71.6 Å². The third kappa shape index (κ3) is 5.62. The van der Waals surface area contributed by atoms with Crippen molar-refractivity contribution in [1.29, 1.82) is 0 Å². The normalized spacial score (nSPS) is 13.2. The molecule has 4 rings (SSSR count). The fourth-order valence-corrected chi connectivity index (χ4v) is 4.53. The molecule has 188 valence electrons. The maximum atomic E-state index is 12.8. The number of carbonyl (C=O) groups excluding carboxylic acids is 2. The van der Waals surface area contributed by atoms with Crippen molar-refractivity contribution in [3.8, 4) is 11.5 Å². The summed E-state index contributed by atoms with van der Waals surface area (Å²) >= 11 is 5.89. The van der Waals surface area contributed by atoms with Crippen molar-refractivity contribution in [2.45, 2.75) is 4.90 Å².